The van der Waals surface area contributed by atoms with Crippen molar-refractivity contribution in [3.63, 3.8) is 0 Å². The number of halogens is 1. The summed E-state index contributed by atoms with van der Waals surface area (Å²) in [6.45, 7) is 7.81. The molecule has 0 aliphatic carbocycles. The van der Waals surface area contributed by atoms with E-state index >= 15 is 0 Å². The first kappa shape index (κ1) is 14.5. The quantitative estimate of drug-likeness (QED) is 0.849. The summed E-state index contributed by atoms with van der Waals surface area (Å²) in [7, 11) is 0. The van der Waals surface area contributed by atoms with Crippen molar-refractivity contribution in [3.05, 3.63) is 27.7 Å². The lowest BCUT2D eigenvalue weighted by molar-refractivity contribution is 0.121. The molecule has 0 aromatic heterocycles. The fourth-order valence-electron chi connectivity index (χ4n) is 1.60. The van der Waals surface area contributed by atoms with Gasteiger partial charge < -0.3 is 15.2 Å². The molecule has 0 aliphatic rings. The molecule has 3 nitrogen and oxygen atoms in total. The van der Waals surface area contributed by atoms with Gasteiger partial charge in [0.1, 0.15) is 12.4 Å². The van der Waals surface area contributed by atoms with E-state index in [1.165, 1.54) is 0 Å². The Hall–Kier alpha value is -0.580. The molecule has 96 valence electrons. The van der Waals surface area contributed by atoms with Crippen LogP contribution in [0.3, 0.4) is 0 Å². The van der Waals surface area contributed by atoms with Gasteiger partial charge in [0.25, 0.3) is 0 Å². The fraction of sp³-hybridized carbons (Fsp3) is 0.538. The van der Waals surface area contributed by atoms with E-state index in [0.717, 1.165) is 34.4 Å². The molecule has 0 amide bonds. The maximum atomic E-state index is 9.28. The number of hydrogen-bond acceptors (Lipinski definition) is 3. The van der Waals surface area contributed by atoms with E-state index in [1.54, 1.807) is 6.92 Å². The largest absolute Gasteiger partial charge is 0.490 e. The molecule has 0 saturated heterocycles. The number of benzene rings is 1. The topological polar surface area (TPSA) is 41.5 Å². The number of hydrogen-bond donors (Lipinski definition) is 2. The second kappa shape index (κ2) is 6.99. The molecule has 17 heavy (non-hydrogen) atoms. The van der Waals surface area contributed by atoms with Gasteiger partial charge in [-0.05, 0) is 38.1 Å². The second-order valence-corrected chi connectivity index (χ2v) is 5.07. The molecule has 1 aromatic carbocycles. The number of aliphatic hydroxyl groups excluding tert-OH is 1. The highest BCUT2D eigenvalue weighted by Gasteiger charge is 2.09. The Kier molecular flexibility index (Phi) is 5.95. The minimum absolute atomic E-state index is 0.321. The average Bonchev–Trinajstić information content (AvgIpc) is 2.24. The Balaban J connectivity index is 2.90. The van der Waals surface area contributed by atoms with Crippen LogP contribution in [0.25, 0.3) is 0 Å². The molecule has 2 N–H and O–H groups in total. The molecule has 0 aliphatic heterocycles. The summed E-state index contributed by atoms with van der Waals surface area (Å²) >= 11 is 3.49. The van der Waals surface area contributed by atoms with Gasteiger partial charge in [0.05, 0.1) is 6.10 Å². The molecule has 1 rings (SSSR count). The van der Waals surface area contributed by atoms with E-state index in [4.69, 9.17) is 4.74 Å². The predicted octanol–water partition coefficient (Wildman–Crippen LogP) is 2.63. The molecule has 0 radical (unpaired) electrons. The van der Waals surface area contributed by atoms with E-state index < -0.39 is 6.10 Å². The van der Waals surface area contributed by atoms with Crippen molar-refractivity contribution in [2.45, 2.75) is 33.4 Å². The minimum atomic E-state index is -0.454. The highest BCUT2D eigenvalue weighted by molar-refractivity contribution is 9.10. The smallest absolute Gasteiger partial charge is 0.126 e. The third-order valence-electron chi connectivity index (χ3n) is 2.35. The fourth-order valence-corrected chi connectivity index (χ4v) is 2.22. The number of ether oxygens (including phenoxy) is 1. The van der Waals surface area contributed by atoms with Crippen LogP contribution in [0, 0.1) is 6.92 Å². The molecular formula is C13H20BrNO2. The third kappa shape index (κ3) is 4.66. The molecule has 1 atom stereocenters. The minimum Gasteiger partial charge on any atom is -0.490 e. The predicted molar refractivity (Wildman–Crippen MR) is 73.4 cm³/mol. The van der Waals surface area contributed by atoms with Gasteiger partial charge in [-0.15, -0.1) is 0 Å². The molecule has 1 unspecified atom stereocenters. The van der Waals surface area contributed by atoms with Crippen LogP contribution < -0.4 is 10.1 Å². The van der Waals surface area contributed by atoms with Crippen LogP contribution in [0.15, 0.2) is 16.6 Å². The lowest BCUT2D eigenvalue weighted by atomic mass is 10.1. The standard InChI is InChI=1S/C13H20BrNO2/c1-4-15-7-11-6-12(14)5-9(2)13(11)17-8-10(3)16/h5-6,10,15-16H,4,7-8H2,1-3H3. The molecule has 0 saturated carbocycles. The van der Waals surface area contributed by atoms with Crippen LogP contribution in [0.2, 0.25) is 0 Å². The van der Waals surface area contributed by atoms with E-state index in [-0.39, 0.29) is 0 Å². The van der Waals surface area contributed by atoms with Crippen LogP contribution in [-0.2, 0) is 6.54 Å². The van der Waals surface area contributed by atoms with Crippen molar-refractivity contribution in [3.8, 4) is 5.75 Å². The Morgan fingerprint density at radius 2 is 2.18 bits per heavy atom. The highest BCUT2D eigenvalue weighted by atomic mass is 79.9. The van der Waals surface area contributed by atoms with Crippen molar-refractivity contribution in [2.75, 3.05) is 13.2 Å². The Labute approximate surface area is 111 Å². The zero-order valence-electron chi connectivity index (χ0n) is 10.6. The van der Waals surface area contributed by atoms with Crippen molar-refractivity contribution in [1.82, 2.24) is 5.32 Å². The highest BCUT2D eigenvalue weighted by Crippen LogP contribution is 2.28. The number of nitrogens with one attached hydrogen (secondary N) is 1. The number of rotatable bonds is 6. The summed E-state index contributed by atoms with van der Waals surface area (Å²) < 4.78 is 6.72. The lowest BCUT2D eigenvalue weighted by Crippen LogP contribution is -2.17. The first-order chi connectivity index (χ1) is 8.04. The maximum Gasteiger partial charge on any atom is 0.126 e. The van der Waals surface area contributed by atoms with Crippen molar-refractivity contribution in [2.24, 2.45) is 0 Å². The summed E-state index contributed by atoms with van der Waals surface area (Å²) in [6.07, 6.45) is -0.454. The SMILES string of the molecule is CCNCc1cc(Br)cc(C)c1OCC(C)O. The van der Waals surface area contributed by atoms with Crippen LogP contribution in [-0.4, -0.2) is 24.4 Å². The molecule has 0 heterocycles. The molecule has 1 aromatic rings. The maximum absolute atomic E-state index is 9.28. The van der Waals surface area contributed by atoms with Gasteiger partial charge in [0.15, 0.2) is 0 Å². The first-order valence-corrected chi connectivity index (χ1v) is 6.64. The van der Waals surface area contributed by atoms with Crippen LogP contribution in [0.5, 0.6) is 5.75 Å². The van der Waals surface area contributed by atoms with Gasteiger partial charge in [-0.3, -0.25) is 0 Å². The molecule has 4 heteroatoms. The molecule has 0 fully saturated rings. The zero-order chi connectivity index (χ0) is 12.8. The Morgan fingerprint density at radius 1 is 1.47 bits per heavy atom. The summed E-state index contributed by atoms with van der Waals surface area (Å²) in [4.78, 5) is 0. The Morgan fingerprint density at radius 3 is 2.76 bits per heavy atom. The van der Waals surface area contributed by atoms with Crippen molar-refractivity contribution in [1.29, 1.82) is 0 Å². The first-order valence-electron chi connectivity index (χ1n) is 5.85. The van der Waals surface area contributed by atoms with E-state index in [1.807, 2.05) is 19.1 Å². The molecular weight excluding hydrogens is 282 g/mol. The van der Waals surface area contributed by atoms with E-state index in [2.05, 4.69) is 28.2 Å². The van der Waals surface area contributed by atoms with E-state index in [9.17, 15) is 5.11 Å². The number of aryl methyl sites for hydroxylation is 1. The molecule has 0 bridgehead atoms. The Bertz CT molecular complexity index is 367. The summed E-state index contributed by atoms with van der Waals surface area (Å²) in [6, 6.07) is 4.07. The normalized spacial score (nSPS) is 12.5. The van der Waals surface area contributed by atoms with Crippen molar-refractivity contribution < 1.29 is 9.84 Å². The summed E-state index contributed by atoms with van der Waals surface area (Å²) in [5.74, 6) is 0.870. The van der Waals surface area contributed by atoms with Crippen LogP contribution in [0.4, 0.5) is 0 Å². The van der Waals surface area contributed by atoms with Gasteiger partial charge in [0.2, 0.25) is 0 Å². The average molecular weight is 302 g/mol. The summed E-state index contributed by atoms with van der Waals surface area (Å²) in [5.41, 5.74) is 2.19. The van der Waals surface area contributed by atoms with E-state index in [0.29, 0.717) is 6.61 Å². The molecule has 0 spiro atoms. The van der Waals surface area contributed by atoms with Crippen LogP contribution in [0.1, 0.15) is 25.0 Å². The number of aliphatic hydroxyl groups is 1. The van der Waals surface area contributed by atoms with Gasteiger partial charge >= 0.3 is 0 Å². The monoisotopic (exact) mass is 301 g/mol. The zero-order valence-corrected chi connectivity index (χ0v) is 12.2. The van der Waals surface area contributed by atoms with Gasteiger partial charge in [-0.25, -0.2) is 0 Å². The van der Waals surface area contributed by atoms with Gasteiger partial charge in [0, 0.05) is 16.6 Å². The van der Waals surface area contributed by atoms with Crippen molar-refractivity contribution >= 4 is 15.9 Å². The van der Waals surface area contributed by atoms with Gasteiger partial charge in [-0.2, -0.15) is 0 Å². The van der Waals surface area contributed by atoms with Crippen LogP contribution >= 0.6 is 15.9 Å². The second-order valence-electron chi connectivity index (χ2n) is 4.15. The van der Waals surface area contributed by atoms with Gasteiger partial charge in [-0.1, -0.05) is 22.9 Å². The lowest BCUT2D eigenvalue weighted by Gasteiger charge is -2.16. The summed E-state index contributed by atoms with van der Waals surface area (Å²) in [5, 5.41) is 12.6. The third-order valence-corrected chi connectivity index (χ3v) is 2.81.